The maximum atomic E-state index is 6.80. The molecule has 0 N–H and O–H groups in total. The van der Waals surface area contributed by atoms with Gasteiger partial charge >= 0.3 is 21.1 Å². The van der Waals surface area contributed by atoms with Crippen molar-refractivity contribution in [3.05, 3.63) is 107 Å². The molecule has 0 aliphatic carbocycles. The first-order valence-corrected chi connectivity index (χ1v) is 19.4. The Labute approximate surface area is 329 Å². The molecular weight excluding hydrogens is 856 g/mol. The second-order valence-corrected chi connectivity index (χ2v) is 19.4. The van der Waals surface area contributed by atoms with Gasteiger partial charge in [0.2, 0.25) is 0 Å². The largest absolute Gasteiger partial charge is 2.00 e. The van der Waals surface area contributed by atoms with E-state index in [1.165, 1.54) is 31.7 Å². The molecule has 0 atom stereocenters. The molecule has 266 valence electrons. The third kappa shape index (κ3) is 6.85. The molecule has 0 unspecified atom stereocenters. The number of aryl methyl sites for hydroxylation is 1. The summed E-state index contributed by atoms with van der Waals surface area (Å²) in [6, 6.07) is 33.5. The molecule has 6 heteroatoms. The normalized spacial score (nSPS) is 12.8. The molecule has 0 spiro atoms. The minimum absolute atomic E-state index is 0. The molecule has 4 aromatic heterocycles. The molecule has 0 aliphatic rings. The predicted molar refractivity (Wildman–Crippen MR) is 219 cm³/mol. The van der Waals surface area contributed by atoms with Crippen LogP contribution < -0.4 is 0 Å². The summed E-state index contributed by atoms with van der Waals surface area (Å²) in [5.74, 6) is 0. The Morgan fingerprint density at radius 3 is 2.25 bits per heavy atom. The van der Waals surface area contributed by atoms with E-state index in [0.29, 0.717) is 0 Å². The summed E-state index contributed by atoms with van der Waals surface area (Å²) in [4.78, 5) is 10.7. The third-order valence-corrected chi connectivity index (χ3v) is 11.7. The number of hydrogen-bond donors (Lipinski definition) is 0. The second-order valence-electron chi connectivity index (χ2n) is 17.3. The van der Waals surface area contributed by atoms with E-state index in [4.69, 9.17) is 14.4 Å². The smallest absolute Gasteiger partial charge is 0.472 e. The van der Waals surface area contributed by atoms with E-state index in [0.717, 1.165) is 71.3 Å². The van der Waals surface area contributed by atoms with Gasteiger partial charge in [-0.25, -0.2) is 0 Å². The molecule has 0 aliphatic heterocycles. The standard InChI is InChI=1S/C46H44N2OS2.Pt/c1-26-18-37(51-38-24-31(46(8,9)10)23-34(47-38)29-15-13-16-30(21-29)45(5,6)7)48-41-33-22-28-14-11-12-17-32(28)42-39(33)40-35(49-42)19-27(25-44(2,3)4)20-36(40)50-43(26)41;/h11-14,16-21,23-24H,25H2,1-10H3;/q-2;+2. The molecule has 0 saturated heterocycles. The first-order chi connectivity index (χ1) is 24.0. The van der Waals surface area contributed by atoms with E-state index < -0.39 is 0 Å². The molecule has 4 aromatic carbocycles. The zero-order chi connectivity index (χ0) is 36.0. The fourth-order valence-electron chi connectivity index (χ4n) is 7.04. The van der Waals surface area contributed by atoms with Gasteiger partial charge in [-0.15, -0.1) is 64.2 Å². The SMILES string of the molecule is Cc1cc(Sc2cc(C(C)(C)C)cc(-c3[c-]ccc(C(C)(C)C)c3)n2)nc2c1sc1cc(CC(C)(C)C)cc3oc4c5ccccc5[c-]c2c4c31.[Pt+2]. The molecular formula is C46H44N2OPtS2. The number of benzene rings is 4. The van der Waals surface area contributed by atoms with Crippen LogP contribution in [0.25, 0.3) is 64.3 Å². The van der Waals surface area contributed by atoms with Crippen LogP contribution in [0, 0.1) is 24.5 Å². The number of fused-ring (bicyclic) bond motifs is 4. The minimum Gasteiger partial charge on any atom is -0.472 e. The van der Waals surface area contributed by atoms with E-state index in [-0.39, 0.29) is 37.3 Å². The third-order valence-electron chi connectivity index (χ3n) is 9.64. The summed E-state index contributed by atoms with van der Waals surface area (Å²) in [6.07, 6.45) is 0.966. The minimum atomic E-state index is -0.0572. The summed E-state index contributed by atoms with van der Waals surface area (Å²) >= 11 is 3.44. The zero-order valence-corrected chi connectivity index (χ0v) is 35.5. The molecule has 8 rings (SSSR count). The van der Waals surface area contributed by atoms with E-state index in [9.17, 15) is 0 Å². The molecule has 0 radical (unpaired) electrons. The van der Waals surface area contributed by atoms with Crippen molar-refractivity contribution in [2.45, 2.75) is 96.5 Å². The van der Waals surface area contributed by atoms with E-state index >= 15 is 0 Å². The molecule has 0 bridgehead atoms. The van der Waals surface area contributed by atoms with Crippen LogP contribution in [0.3, 0.4) is 0 Å². The molecule has 0 saturated carbocycles. The monoisotopic (exact) mass is 899 g/mol. The van der Waals surface area contributed by atoms with Crippen molar-refractivity contribution in [2.75, 3.05) is 0 Å². The van der Waals surface area contributed by atoms with Gasteiger partial charge in [0.1, 0.15) is 5.58 Å². The first-order valence-electron chi connectivity index (χ1n) is 17.8. The van der Waals surface area contributed by atoms with Crippen LogP contribution in [-0.4, -0.2) is 9.97 Å². The summed E-state index contributed by atoms with van der Waals surface area (Å²) in [6.45, 7) is 22.6. The molecule has 3 nitrogen and oxygen atoms in total. The Morgan fingerprint density at radius 1 is 0.788 bits per heavy atom. The average molecular weight is 900 g/mol. The molecule has 8 aromatic rings. The van der Waals surface area contributed by atoms with Crippen LogP contribution in [0.2, 0.25) is 0 Å². The Bertz CT molecular complexity index is 2660. The van der Waals surface area contributed by atoms with Crippen LogP contribution in [0.4, 0.5) is 0 Å². The molecule has 52 heavy (non-hydrogen) atoms. The van der Waals surface area contributed by atoms with Crippen molar-refractivity contribution in [1.29, 1.82) is 0 Å². The number of hydrogen-bond acceptors (Lipinski definition) is 5. The van der Waals surface area contributed by atoms with Crippen LogP contribution in [0.1, 0.15) is 84.6 Å². The Morgan fingerprint density at radius 2 is 1.52 bits per heavy atom. The summed E-state index contributed by atoms with van der Waals surface area (Å²) < 4.78 is 9.19. The summed E-state index contributed by atoms with van der Waals surface area (Å²) in [7, 11) is 0. The van der Waals surface area contributed by atoms with Crippen LogP contribution >= 0.6 is 23.1 Å². The van der Waals surface area contributed by atoms with Gasteiger partial charge in [0.15, 0.2) is 0 Å². The Hall–Kier alpha value is -3.50. The van der Waals surface area contributed by atoms with Gasteiger partial charge in [0.05, 0.1) is 15.6 Å². The maximum absolute atomic E-state index is 6.80. The van der Waals surface area contributed by atoms with Crippen LogP contribution in [-0.2, 0) is 38.3 Å². The van der Waals surface area contributed by atoms with Crippen molar-refractivity contribution < 1.29 is 25.5 Å². The average Bonchev–Trinajstić information content (AvgIpc) is 3.37. The number of pyridine rings is 2. The van der Waals surface area contributed by atoms with Crippen molar-refractivity contribution >= 4 is 76.1 Å². The fourth-order valence-corrected chi connectivity index (χ4v) is 9.16. The van der Waals surface area contributed by atoms with Crippen molar-refractivity contribution in [2.24, 2.45) is 5.41 Å². The Balaban J connectivity index is 0.00000420. The first kappa shape index (κ1) is 36.8. The van der Waals surface area contributed by atoms with Gasteiger partial charge in [0.25, 0.3) is 0 Å². The molecule has 0 amide bonds. The van der Waals surface area contributed by atoms with Crippen LogP contribution in [0.15, 0.2) is 87.3 Å². The number of furan rings is 1. The number of nitrogens with zero attached hydrogens (tertiary/aromatic N) is 2. The van der Waals surface area contributed by atoms with Crippen LogP contribution in [0.5, 0.6) is 0 Å². The van der Waals surface area contributed by atoms with Gasteiger partial charge in [-0.3, -0.25) is 9.97 Å². The molecule has 4 heterocycles. The quantitative estimate of drug-likeness (QED) is 0.165. The number of rotatable bonds is 4. The van der Waals surface area contributed by atoms with Crippen molar-refractivity contribution in [3.63, 3.8) is 0 Å². The van der Waals surface area contributed by atoms with E-state index in [2.05, 4.69) is 148 Å². The topological polar surface area (TPSA) is 38.9 Å². The van der Waals surface area contributed by atoms with Gasteiger partial charge in [-0.2, -0.15) is 0 Å². The van der Waals surface area contributed by atoms with Gasteiger partial charge in [-0.1, -0.05) is 104 Å². The van der Waals surface area contributed by atoms with E-state index in [1.807, 2.05) is 17.4 Å². The zero-order valence-electron chi connectivity index (χ0n) is 31.6. The maximum Gasteiger partial charge on any atom is 2.00 e. The van der Waals surface area contributed by atoms with Crippen molar-refractivity contribution in [3.8, 4) is 11.3 Å². The second kappa shape index (κ2) is 13.1. The predicted octanol–water partition coefficient (Wildman–Crippen LogP) is 13.8. The Kier molecular flexibility index (Phi) is 9.29. The van der Waals surface area contributed by atoms with Gasteiger partial charge in [0, 0.05) is 20.3 Å². The fraction of sp³-hybridized carbons (Fsp3) is 0.304. The van der Waals surface area contributed by atoms with E-state index in [1.54, 1.807) is 11.8 Å². The van der Waals surface area contributed by atoms with Gasteiger partial charge < -0.3 is 4.42 Å². The number of aromatic nitrogens is 2. The summed E-state index contributed by atoms with van der Waals surface area (Å²) in [5.41, 5.74) is 9.86. The molecule has 0 fully saturated rings. The van der Waals surface area contributed by atoms with Crippen molar-refractivity contribution in [1.82, 2.24) is 9.97 Å². The summed E-state index contributed by atoms with van der Waals surface area (Å²) in [5, 5.41) is 7.22. The van der Waals surface area contributed by atoms with Gasteiger partial charge in [-0.05, 0) is 87.0 Å².